The summed E-state index contributed by atoms with van der Waals surface area (Å²) in [4.78, 5) is 28.6. The van der Waals surface area contributed by atoms with Crippen LogP contribution in [0.4, 0.5) is 0 Å². The molecule has 2 atom stereocenters. The largest absolute Gasteiger partial charge is 0.342 e. The van der Waals surface area contributed by atoms with Crippen LogP contribution in [0.25, 0.3) is 0 Å². The third-order valence-corrected chi connectivity index (χ3v) is 4.94. The summed E-state index contributed by atoms with van der Waals surface area (Å²) in [5.74, 6) is 0.689. The van der Waals surface area contributed by atoms with Crippen LogP contribution >= 0.6 is 0 Å². The van der Waals surface area contributed by atoms with Crippen molar-refractivity contribution in [3.63, 3.8) is 0 Å². The summed E-state index contributed by atoms with van der Waals surface area (Å²) in [6.45, 7) is 5.63. The minimum absolute atomic E-state index is 0.0308. The van der Waals surface area contributed by atoms with Crippen molar-refractivity contribution in [1.82, 2.24) is 9.80 Å². The van der Waals surface area contributed by atoms with Crippen molar-refractivity contribution in [3.05, 3.63) is 0 Å². The molecule has 0 radical (unpaired) electrons. The molecule has 0 aromatic carbocycles. The first-order valence-corrected chi connectivity index (χ1v) is 7.65. The maximum Gasteiger partial charge on any atom is 0.247 e. The number of hydrogen-bond acceptors (Lipinski definition) is 3. The van der Waals surface area contributed by atoms with E-state index in [0.717, 1.165) is 25.7 Å². The molecule has 1 saturated carbocycles. The van der Waals surface area contributed by atoms with Gasteiger partial charge in [-0.05, 0) is 45.6 Å². The first kappa shape index (κ1) is 15.3. The molecule has 2 aliphatic rings. The second-order valence-corrected chi connectivity index (χ2v) is 6.74. The fourth-order valence-corrected chi connectivity index (χ4v) is 3.55. The predicted octanol–water partition coefficient (Wildman–Crippen LogP) is 0.831. The average Bonchev–Trinajstić information content (AvgIpc) is 2.44. The van der Waals surface area contributed by atoms with Crippen LogP contribution < -0.4 is 5.73 Å². The molecule has 1 aliphatic heterocycles. The van der Waals surface area contributed by atoms with Gasteiger partial charge in [-0.3, -0.25) is 9.59 Å². The van der Waals surface area contributed by atoms with Crippen LogP contribution in [-0.4, -0.2) is 53.8 Å². The molecule has 114 valence electrons. The predicted molar refractivity (Wildman–Crippen MR) is 77.9 cm³/mol. The molecule has 2 unspecified atom stereocenters. The van der Waals surface area contributed by atoms with Crippen LogP contribution in [0.3, 0.4) is 0 Å². The van der Waals surface area contributed by atoms with Gasteiger partial charge in [-0.25, -0.2) is 0 Å². The topological polar surface area (TPSA) is 66.6 Å². The molecule has 0 aromatic heterocycles. The van der Waals surface area contributed by atoms with E-state index in [1.54, 1.807) is 16.8 Å². The molecular weight excluding hydrogens is 254 g/mol. The van der Waals surface area contributed by atoms with E-state index in [9.17, 15) is 9.59 Å². The Morgan fingerprint density at radius 3 is 2.70 bits per heavy atom. The highest BCUT2D eigenvalue weighted by molar-refractivity contribution is 5.92. The Kier molecular flexibility index (Phi) is 4.37. The van der Waals surface area contributed by atoms with E-state index in [-0.39, 0.29) is 17.7 Å². The standard InChI is InChI=1S/C15H27N3O2/c1-15(2)14(20)17(3)7-8-18(15)13(19)12-6-4-5-11(9-12)10-16/h11-12H,4-10,16H2,1-3H3. The van der Waals surface area contributed by atoms with Gasteiger partial charge in [0.25, 0.3) is 0 Å². The highest BCUT2D eigenvalue weighted by atomic mass is 16.2. The van der Waals surface area contributed by atoms with Crippen molar-refractivity contribution in [3.8, 4) is 0 Å². The Morgan fingerprint density at radius 2 is 2.05 bits per heavy atom. The lowest BCUT2D eigenvalue weighted by Crippen LogP contribution is -2.64. The van der Waals surface area contributed by atoms with E-state index in [1.807, 2.05) is 13.8 Å². The van der Waals surface area contributed by atoms with Crippen molar-refractivity contribution >= 4 is 11.8 Å². The summed E-state index contributed by atoms with van der Waals surface area (Å²) in [5, 5.41) is 0. The van der Waals surface area contributed by atoms with E-state index in [4.69, 9.17) is 5.73 Å². The summed E-state index contributed by atoms with van der Waals surface area (Å²) in [6.07, 6.45) is 4.02. The number of carbonyl (C=O) groups excluding carboxylic acids is 2. The maximum absolute atomic E-state index is 12.8. The van der Waals surface area contributed by atoms with E-state index in [0.29, 0.717) is 25.6 Å². The first-order valence-electron chi connectivity index (χ1n) is 7.65. The quantitative estimate of drug-likeness (QED) is 0.815. The van der Waals surface area contributed by atoms with Crippen molar-refractivity contribution in [2.75, 3.05) is 26.7 Å². The third-order valence-electron chi connectivity index (χ3n) is 4.94. The molecule has 2 amide bonds. The Bertz CT molecular complexity index is 395. The SMILES string of the molecule is CN1CCN(C(=O)C2CCCC(CN)C2)C(C)(C)C1=O. The molecule has 0 spiro atoms. The third kappa shape index (κ3) is 2.68. The Morgan fingerprint density at radius 1 is 1.35 bits per heavy atom. The molecule has 2 N–H and O–H groups in total. The van der Waals surface area contributed by atoms with Gasteiger partial charge in [0.1, 0.15) is 5.54 Å². The van der Waals surface area contributed by atoms with Gasteiger partial charge in [0.15, 0.2) is 0 Å². The maximum atomic E-state index is 12.8. The van der Waals surface area contributed by atoms with Crippen LogP contribution in [0.2, 0.25) is 0 Å². The molecule has 1 aliphatic carbocycles. The summed E-state index contributed by atoms with van der Waals surface area (Å²) in [6, 6.07) is 0. The Balaban J connectivity index is 2.10. The van der Waals surface area contributed by atoms with Crippen LogP contribution in [0.1, 0.15) is 39.5 Å². The number of amides is 2. The highest BCUT2D eigenvalue weighted by Crippen LogP contribution is 2.32. The van der Waals surface area contributed by atoms with E-state index >= 15 is 0 Å². The minimum Gasteiger partial charge on any atom is -0.342 e. The number of nitrogens with two attached hydrogens (primary N) is 1. The zero-order valence-electron chi connectivity index (χ0n) is 12.9. The lowest BCUT2D eigenvalue weighted by molar-refractivity contribution is -0.160. The summed E-state index contributed by atoms with van der Waals surface area (Å²) < 4.78 is 0. The van der Waals surface area contributed by atoms with Crippen LogP contribution in [0.5, 0.6) is 0 Å². The van der Waals surface area contributed by atoms with Gasteiger partial charge in [-0.1, -0.05) is 6.42 Å². The molecular formula is C15H27N3O2. The smallest absolute Gasteiger partial charge is 0.247 e. The molecule has 5 nitrogen and oxygen atoms in total. The van der Waals surface area contributed by atoms with Crippen LogP contribution in [0, 0.1) is 11.8 Å². The minimum atomic E-state index is -0.722. The van der Waals surface area contributed by atoms with Crippen LogP contribution in [-0.2, 0) is 9.59 Å². The summed E-state index contributed by atoms with van der Waals surface area (Å²) in [7, 11) is 1.80. The number of piperazine rings is 1. The molecule has 1 heterocycles. The monoisotopic (exact) mass is 281 g/mol. The van der Waals surface area contributed by atoms with Gasteiger partial charge in [0.05, 0.1) is 0 Å². The van der Waals surface area contributed by atoms with E-state index < -0.39 is 5.54 Å². The zero-order chi connectivity index (χ0) is 14.9. The summed E-state index contributed by atoms with van der Waals surface area (Å²) in [5.41, 5.74) is 5.03. The molecule has 1 saturated heterocycles. The zero-order valence-corrected chi connectivity index (χ0v) is 12.9. The van der Waals surface area contributed by atoms with E-state index in [2.05, 4.69) is 0 Å². The Hall–Kier alpha value is -1.10. The molecule has 2 fully saturated rings. The fourth-order valence-electron chi connectivity index (χ4n) is 3.55. The van der Waals surface area contributed by atoms with Crippen molar-refractivity contribution in [1.29, 1.82) is 0 Å². The van der Waals surface area contributed by atoms with Gasteiger partial charge in [-0.2, -0.15) is 0 Å². The molecule has 2 rings (SSSR count). The van der Waals surface area contributed by atoms with E-state index in [1.165, 1.54) is 0 Å². The lowest BCUT2D eigenvalue weighted by Gasteiger charge is -2.46. The number of carbonyl (C=O) groups is 2. The van der Waals surface area contributed by atoms with Gasteiger partial charge in [0, 0.05) is 26.1 Å². The number of hydrogen-bond donors (Lipinski definition) is 1. The molecule has 0 aromatic rings. The highest BCUT2D eigenvalue weighted by Gasteiger charge is 2.45. The second kappa shape index (κ2) is 5.72. The fraction of sp³-hybridized carbons (Fsp3) is 0.867. The van der Waals surface area contributed by atoms with Gasteiger partial charge in [-0.15, -0.1) is 0 Å². The molecule has 5 heteroatoms. The van der Waals surface area contributed by atoms with Crippen molar-refractivity contribution in [2.45, 2.75) is 45.1 Å². The van der Waals surface area contributed by atoms with Gasteiger partial charge >= 0.3 is 0 Å². The van der Waals surface area contributed by atoms with Gasteiger partial charge < -0.3 is 15.5 Å². The number of nitrogens with zero attached hydrogens (tertiary/aromatic N) is 2. The first-order chi connectivity index (χ1) is 9.37. The van der Waals surface area contributed by atoms with Crippen molar-refractivity contribution < 1.29 is 9.59 Å². The Labute approximate surface area is 121 Å². The second-order valence-electron chi connectivity index (χ2n) is 6.74. The summed E-state index contributed by atoms with van der Waals surface area (Å²) >= 11 is 0. The van der Waals surface area contributed by atoms with Crippen molar-refractivity contribution in [2.24, 2.45) is 17.6 Å². The molecule has 20 heavy (non-hydrogen) atoms. The number of rotatable bonds is 2. The van der Waals surface area contributed by atoms with Crippen LogP contribution in [0.15, 0.2) is 0 Å². The normalized spacial score (nSPS) is 30.5. The molecule has 0 bridgehead atoms. The average molecular weight is 281 g/mol. The number of likely N-dealkylation sites (N-methyl/N-ethyl adjacent to an activating group) is 1. The lowest BCUT2D eigenvalue weighted by atomic mass is 9.80. The van der Waals surface area contributed by atoms with Gasteiger partial charge in [0.2, 0.25) is 11.8 Å².